The summed E-state index contributed by atoms with van der Waals surface area (Å²) in [5.41, 5.74) is 4.09. The molecule has 0 aliphatic carbocycles. The van der Waals surface area contributed by atoms with Crippen LogP contribution in [0.1, 0.15) is 36.5 Å². The van der Waals surface area contributed by atoms with Gasteiger partial charge in [0.15, 0.2) is 0 Å². The van der Waals surface area contributed by atoms with Crippen molar-refractivity contribution in [3.63, 3.8) is 0 Å². The van der Waals surface area contributed by atoms with Crippen LogP contribution in [0, 0.1) is 13.8 Å². The highest BCUT2D eigenvalue weighted by Gasteiger charge is 2.23. The molecule has 0 aliphatic heterocycles. The first-order valence-electron chi connectivity index (χ1n) is 8.53. The van der Waals surface area contributed by atoms with E-state index in [0.717, 1.165) is 27.3 Å². The second kappa shape index (κ2) is 7.91. The Balaban J connectivity index is 2.29. The van der Waals surface area contributed by atoms with Crippen LogP contribution in [-0.4, -0.2) is 27.1 Å². The van der Waals surface area contributed by atoms with Crippen LogP contribution in [0.4, 0.5) is 11.4 Å². The van der Waals surface area contributed by atoms with Gasteiger partial charge in [-0.2, -0.15) is 0 Å². The average molecular weight is 375 g/mol. The summed E-state index contributed by atoms with van der Waals surface area (Å²) in [6.45, 7) is 7.60. The number of carbonyl (C=O) groups is 1. The van der Waals surface area contributed by atoms with E-state index in [0.29, 0.717) is 11.4 Å². The molecule has 26 heavy (non-hydrogen) atoms. The molecule has 2 aromatic carbocycles. The van der Waals surface area contributed by atoms with Crippen LogP contribution >= 0.6 is 0 Å². The first-order chi connectivity index (χ1) is 12.1. The number of rotatable bonds is 6. The summed E-state index contributed by atoms with van der Waals surface area (Å²) < 4.78 is 25.7. The number of amides is 1. The zero-order valence-electron chi connectivity index (χ0n) is 15.9. The Morgan fingerprint density at radius 2 is 1.77 bits per heavy atom. The van der Waals surface area contributed by atoms with Crippen molar-refractivity contribution < 1.29 is 13.2 Å². The third-order valence-electron chi connectivity index (χ3n) is 4.17. The maximum absolute atomic E-state index is 12.6. The van der Waals surface area contributed by atoms with E-state index in [4.69, 9.17) is 0 Å². The molecule has 0 heterocycles. The van der Waals surface area contributed by atoms with Crippen molar-refractivity contribution in [1.82, 2.24) is 0 Å². The number of para-hydroxylation sites is 1. The lowest BCUT2D eigenvalue weighted by Crippen LogP contribution is -2.38. The number of sulfonamides is 1. The van der Waals surface area contributed by atoms with Crippen LogP contribution in [0.15, 0.2) is 42.5 Å². The van der Waals surface area contributed by atoms with Gasteiger partial charge in [-0.3, -0.25) is 9.10 Å². The van der Waals surface area contributed by atoms with Gasteiger partial charge in [0.1, 0.15) is 6.54 Å². The van der Waals surface area contributed by atoms with E-state index in [1.54, 1.807) is 6.07 Å². The largest absolute Gasteiger partial charge is 0.324 e. The average Bonchev–Trinajstić information content (AvgIpc) is 2.52. The molecule has 0 unspecified atom stereocenters. The first kappa shape index (κ1) is 20.0. The molecular weight excluding hydrogens is 348 g/mol. The molecule has 0 saturated carbocycles. The van der Waals surface area contributed by atoms with Gasteiger partial charge < -0.3 is 5.32 Å². The lowest BCUT2D eigenvalue weighted by atomic mass is 10.0. The second-order valence-corrected chi connectivity index (χ2v) is 8.76. The minimum absolute atomic E-state index is 0.247. The molecule has 0 aliphatic rings. The predicted molar refractivity (Wildman–Crippen MR) is 107 cm³/mol. The number of carbonyl (C=O) groups excluding carboxylic acids is 1. The predicted octanol–water partition coefficient (Wildman–Crippen LogP) is 3.83. The Morgan fingerprint density at radius 1 is 1.12 bits per heavy atom. The molecule has 140 valence electrons. The fourth-order valence-corrected chi connectivity index (χ4v) is 3.81. The van der Waals surface area contributed by atoms with E-state index in [2.05, 4.69) is 5.32 Å². The number of aryl methyl sites for hydroxylation is 2. The van der Waals surface area contributed by atoms with Crippen molar-refractivity contribution in [2.45, 2.75) is 33.6 Å². The molecule has 5 nitrogen and oxygen atoms in total. The minimum Gasteiger partial charge on any atom is -0.324 e. The highest BCUT2D eigenvalue weighted by Crippen LogP contribution is 2.25. The van der Waals surface area contributed by atoms with E-state index in [1.165, 1.54) is 0 Å². The fourth-order valence-electron chi connectivity index (χ4n) is 2.90. The van der Waals surface area contributed by atoms with E-state index >= 15 is 0 Å². The van der Waals surface area contributed by atoms with Crippen LogP contribution in [-0.2, 0) is 14.8 Å². The molecule has 2 rings (SSSR count). The van der Waals surface area contributed by atoms with Crippen LogP contribution in [0.3, 0.4) is 0 Å². The summed E-state index contributed by atoms with van der Waals surface area (Å²) in [5, 5.41) is 2.85. The Labute approximate surface area is 156 Å². The number of nitrogens with zero attached hydrogens (tertiary/aromatic N) is 1. The zero-order valence-corrected chi connectivity index (χ0v) is 16.7. The van der Waals surface area contributed by atoms with Crippen molar-refractivity contribution in [2.24, 2.45) is 0 Å². The molecule has 0 atom stereocenters. The third-order valence-corrected chi connectivity index (χ3v) is 5.29. The molecule has 1 N–H and O–H groups in total. The lowest BCUT2D eigenvalue weighted by Gasteiger charge is -2.24. The molecule has 0 saturated heterocycles. The summed E-state index contributed by atoms with van der Waals surface area (Å²) in [6.07, 6.45) is 1.11. The lowest BCUT2D eigenvalue weighted by molar-refractivity contribution is -0.114. The normalized spacial score (nSPS) is 11.5. The van der Waals surface area contributed by atoms with Crippen molar-refractivity contribution >= 4 is 27.3 Å². The van der Waals surface area contributed by atoms with Crippen LogP contribution in [0.25, 0.3) is 0 Å². The number of hydrogen-bond donors (Lipinski definition) is 1. The van der Waals surface area contributed by atoms with Gasteiger partial charge in [0.2, 0.25) is 15.9 Å². The monoisotopic (exact) mass is 374 g/mol. The van der Waals surface area contributed by atoms with Crippen LogP contribution < -0.4 is 9.62 Å². The van der Waals surface area contributed by atoms with Gasteiger partial charge in [0.25, 0.3) is 0 Å². The Hall–Kier alpha value is -2.34. The number of anilines is 2. The quantitative estimate of drug-likeness (QED) is 0.835. The van der Waals surface area contributed by atoms with Gasteiger partial charge in [0, 0.05) is 5.69 Å². The molecule has 0 spiro atoms. The highest BCUT2D eigenvalue weighted by atomic mass is 32.2. The van der Waals surface area contributed by atoms with Gasteiger partial charge in [-0.1, -0.05) is 49.7 Å². The Morgan fingerprint density at radius 3 is 2.35 bits per heavy atom. The van der Waals surface area contributed by atoms with E-state index in [9.17, 15) is 13.2 Å². The van der Waals surface area contributed by atoms with E-state index < -0.39 is 10.0 Å². The molecule has 0 fully saturated rings. The van der Waals surface area contributed by atoms with E-state index in [-0.39, 0.29) is 18.4 Å². The van der Waals surface area contributed by atoms with Gasteiger partial charge in [-0.25, -0.2) is 8.42 Å². The number of hydrogen-bond acceptors (Lipinski definition) is 3. The maximum atomic E-state index is 12.6. The summed E-state index contributed by atoms with van der Waals surface area (Å²) in [4.78, 5) is 12.6. The Kier molecular flexibility index (Phi) is 6.08. The van der Waals surface area contributed by atoms with Crippen molar-refractivity contribution in [3.8, 4) is 0 Å². The second-order valence-electron chi connectivity index (χ2n) is 6.85. The van der Waals surface area contributed by atoms with Crippen LogP contribution in [0.5, 0.6) is 0 Å². The van der Waals surface area contributed by atoms with Crippen molar-refractivity contribution in [3.05, 3.63) is 59.2 Å². The standard InChI is InChI=1S/C20H26N2O3S/c1-14(2)17-8-6-7-9-18(17)21-20(23)13-22(26(5,24)25)19-11-10-15(3)12-16(19)4/h6-12,14H,13H2,1-5H3,(H,21,23). The van der Waals surface area contributed by atoms with Gasteiger partial charge in [-0.05, 0) is 43.0 Å². The maximum Gasteiger partial charge on any atom is 0.245 e. The zero-order chi connectivity index (χ0) is 19.5. The number of nitrogens with one attached hydrogen (secondary N) is 1. The molecule has 6 heteroatoms. The van der Waals surface area contributed by atoms with Crippen LogP contribution in [0.2, 0.25) is 0 Å². The smallest absolute Gasteiger partial charge is 0.245 e. The van der Waals surface area contributed by atoms with Gasteiger partial charge in [0.05, 0.1) is 11.9 Å². The Bertz CT molecular complexity index is 905. The summed E-state index contributed by atoms with van der Waals surface area (Å²) >= 11 is 0. The van der Waals surface area contributed by atoms with Gasteiger partial charge in [-0.15, -0.1) is 0 Å². The van der Waals surface area contributed by atoms with E-state index in [1.807, 2.05) is 64.1 Å². The molecule has 0 aromatic heterocycles. The SMILES string of the molecule is Cc1ccc(N(CC(=O)Nc2ccccc2C(C)C)S(C)(=O)=O)c(C)c1. The van der Waals surface area contributed by atoms with Crippen molar-refractivity contribution in [2.75, 3.05) is 22.4 Å². The first-order valence-corrected chi connectivity index (χ1v) is 10.4. The molecular formula is C20H26N2O3S. The molecule has 0 radical (unpaired) electrons. The highest BCUT2D eigenvalue weighted by molar-refractivity contribution is 7.92. The number of benzene rings is 2. The minimum atomic E-state index is -3.59. The third kappa shape index (κ3) is 4.85. The molecule has 2 aromatic rings. The molecule has 0 bridgehead atoms. The topological polar surface area (TPSA) is 66.5 Å². The van der Waals surface area contributed by atoms with Crippen molar-refractivity contribution in [1.29, 1.82) is 0 Å². The van der Waals surface area contributed by atoms with Gasteiger partial charge >= 0.3 is 0 Å². The summed E-state index contributed by atoms with van der Waals surface area (Å²) in [6, 6.07) is 13.0. The fraction of sp³-hybridized carbons (Fsp3) is 0.350. The summed E-state index contributed by atoms with van der Waals surface area (Å²) in [5.74, 6) is -0.125. The molecule has 1 amide bonds. The summed E-state index contributed by atoms with van der Waals surface area (Å²) in [7, 11) is -3.59.